The molecular formula is C76H88N27O21Pu2-7. The van der Waals surface area contributed by atoms with Crippen molar-refractivity contribution in [3.05, 3.63) is 226 Å². The van der Waals surface area contributed by atoms with Gasteiger partial charge in [0.05, 0.1) is 128 Å². The van der Waals surface area contributed by atoms with Crippen molar-refractivity contribution in [1.82, 2.24) is 80.7 Å². The molecular weight excluding hydrogens is 2120 g/mol. The SMILES string of the molecule is CC#N.CC#N.CC#N.CC#N.CC1(C)CCC(C)(C)c2nc(-c3ccc4ccc5ccc(-c6nnc7c(n6)C(C)(C)CCC7(C)C)nc5c4n3)nnc21.CC1(C)CCC(C)(C)c2nc(-c3ccc4ccc5ccc(-c6nnc7c(n6)C(C)(C)CCC7(C)C)nc5c4n3)nnc21.O=[N+]([O-])[O-].O=[N+]([O-])[O-].O=[N+]([O-])[O-].O=[N+]([O-])[O-].O=[N+]([O-])[O-].O=[N+]([O-])[O-].O=[N+]([O-])[O-].[Pu].[Pu]. The Morgan fingerprint density at radius 2 is 0.341 bits per heavy atom. The molecule has 4 aliphatic rings. The molecule has 50 heteroatoms. The van der Waals surface area contributed by atoms with Gasteiger partial charge in [0, 0.05) is 151 Å². The number of rotatable bonds is 4. The van der Waals surface area contributed by atoms with Crippen LogP contribution in [0.2, 0.25) is 0 Å². The standard InChI is InChI=1S/2C34H38N8.4C2H3N.7NO3.2Pu/c2*1-31(2)15-17-33(5,6)27-25(31)37-29(41-39-27)21-13-11-19-9-10-20-12-14-22(36-24(20)23(19)35-21)30-38-26-28(40-42-30)34(7,8)18-16-32(26,3)4;4*1-2-3;7*2-1(3)4;;/h2*9-14H,15-18H2,1-8H3;4*1H3;;;;;;;;;/q;;;;;;7*-1;;. The topological polar surface area (TPSA) is 765 Å². The van der Waals surface area contributed by atoms with E-state index in [0.29, 0.717) is 46.1 Å². The van der Waals surface area contributed by atoms with E-state index in [0.717, 1.165) is 141 Å². The zero-order valence-corrected chi connectivity index (χ0v) is 78.8. The van der Waals surface area contributed by atoms with Gasteiger partial charge in [-0.2, -0.15) is 41.4 Å². The second kappa shape index (κ2) is 48.5. The molecule has 48 nitrogen and oxygen atoms in total. The number of pyridine rings is 4. The number of aromatic nitrogens is 16. The van der Waals surface area contributed by atoms with Crippen LogP contribution in [0.15, 0.2) is 72.8 Å². The van der Waals surface area contributed by atoms with Crippen LogP contribution in [0, 0.1) is 211 Å². The average Bonchev–Trinajstić information content (AvgIpc) is 0.754. The quantitative estimate of drug-likeness (QED) is 0.0897. The zero-order valence-electron chi connectivity index (χ0n) is 72.0. The smallest absolute Gasteiger partial charge is 0.200 e. The van der Waals surface area contributed by atoms with Crippen molar-refractivity contribution in [3.63, 3.8) is 0 Å². The van der Waals surface area contributed by atoms with Crippen molar-refractivity contribution in [3.8, 4) is 70.4 Å². The molecule has 0 saturated carbocycles. The summed E-state index contributed by atoms with van der Waals surface area (Å²) in [5.41, 5.74) is 13.5. The summed E-state index contributed by atoms with van der Waals surface area (Å²) in [6, 6.07) is 31.5. The van der Waals surface area contributed by atoms with Gasteiger partial charge in [0.2, 0.25) is 23.3 Å². The van der Waals surface area contributed by atoms with Crippen LogP contribution in [-0.4, -0.2) is 116 Å². The summed E-state index contributed by atoms with van der Waals surface area (Å²) >= 11 is 0. The van der Waals surface area contributed by atoms with Gasteiger partial charge in [-0.15, -0.1) is 20.4 Å². The first-order valence-corrected chi connectivity index (χ1v) is 36.7. The van der Waals surface area contributed by atoms with Crippen molar-refractivity contribution in [1.29, 1.82) is 21.0 Å². The Balaban J connectivity index is 0.00000173. The largest absolute Gasteiger partial charge is 0.356 e. The summed E-state index contributed by atoms with van der Waals surface area (Å²) in [6.07, 6.45) is 8.49. The first kappa shape index (κ1) is 112. The monoisotopic (exact) mass is 2190 g/mol. The maximum Gasteiger partial charge on any atom is 0.200 e. The van der Waals surface area contributed by atoms with Gasteiger partial charge < -0.3 is 107 Å². The van der Waals surface area contributed by atoms with E-state index < -0.39 is 35.6 Å². The minimum atomic E-state index is -1.75. The number of benzene rings is 2. The van der Waals surface area contributed by atoms with Crippen LogP contribution in [0.1, 0.15) is 235 Å². The molecule has 0 spiro atoms. The van der Waals surface area contributed by atoms with Crippen LogP contribution in [0.4, 0.5) is 0 Å². The molecule has 0 N–H and O–H groups in total. The van der Waals surface area contributed by atoms with E-state index in [1.54, 1.807) is 24.3 Å². The molecule has 0 fully saturated rings. The summed E-state index contributed by atoms with van der Waals surface area (Å²) in [7, 11) is 0. The van der Waals surface area contributed by atoms with Gasteiger partial charge in [-0.3, -0.25) is 0 Å². The van der Waals surface area contributed by atoms with Gasteiger partial charge in [0.1, 0.15) is 22.8 Å². The third-order valence-electron chi connectivity index (χ3n) is 19.3. The van der Waals surface area contributed by atoms with E-state index >= 15 is 0 Å². The number of hydrogen-bond acceptors (Lipinski definition) is 41. The minimum Gasteiger partial charge on any atom is -0.356 e. The van der Waals surface area contributed by atoms with Crippen molar-refractivity contribution in [2.45, 2.75) is 233 Å². The van der Waals surface area contributed by atoms with Crippen molar-refractivity contribution < 1.29 is 94.0 Å². The molecule has 8 heterocycles. The van der Waals surface area contributed by atoms with Crippen LogP contribution < -0.4 is 0 Å². The summed E-state index contributed by atoms with van der Waals surface area (Å²) in [5.74, 6) is 2.17. The van der Waals surface area contributed by atoms with E-state index in [9.17, 15) is 0 Å². The third-order valence-corrected chi connectivity index (χ3v) is 19.3. The van der Waals surface area contributed by atoms with E-state index in [2.05, 4.69) is 180 Å². The molecule has 8 aromatic heterocycles. The van der Waals surface area contributed by atoms with Gasteiger partial charge in [0.15, 0.2) is 0 Å². The fourth-order valence-corrected chi connectivity index (χ4v) is 12.9. The maximum atomic E-state index is 8.25. The van der Waals surface area contributed by atoms with E-state index in [1.807, 2.05) is 24.3 Å². The Bertz CT molecular complexity index is 4960. The Labute approximate surface area is 763 Å². The van der Waals surface area contributed by atoms with Gasteiger partial charge >= 0.3 is 0 Å². The van der Waals surface area contributed by atoms with Crippen LogP contribution >= 0.6 is 0 Å². The van der Waals surface area contributed by atoms with E-state index in [-0.39, 0.29) is 102 Å². The Hall–Kier alpha value is -13.5. The van der Waals surface area contributed by atoms with Crippen molar-refractivity contribution >= 4 is 43.6 Å². The molecule has 0 aliphatic heterocycles. The summed E-state index contributed by atoms with van der Waals surface area (Å²) in [4.78, 5) is 98.3. The zero-order chi connectivity index (χ0) is 95.2. The van der Waals surface area contributed by atoms with E-state index in [4.69, 9.17) is 189 Å². The van der Waals surface area contributed by atoms with Crippen LogP contribution in [0.25, 0.3) is 89.7 Å². The first-order chi connectivity index (χ1) is 57.3. The normalized spacial score (nSPS) is 14.8. The van der Waals surface area contributed by atoms with Crippen molar-refractivity contribution in [2.75, 3.05) is 0 Å². The predicted molar refractivity (Wildman–Crippen MR) is 448 cm³/mol. The number of fused-ring (bicyclic) bond motifs is 10. The van der Waals surface area contributed by atoms with E-state index in [1.165, 1.54) is 27.7 Å². The molecule has 0 bridgehead atoms. The summed E-state index contributed by atoms with van der Waals surface area (Å²) in [6.45, 7) is 41.5. The molecule has 0 radical (unpaired) electrons. The van der Waals surface area contributed by atoms with Gasteiger partial charge in [-0.25, -0.2) is 39.9 Å². The molecule has 10 aromatic rings. The second-order valence-corrected chi connectivity index (χ2v) is 32.1. The Kier molecular flexibility index (Phi) is 43.3. The minimum absolute atomic E-state index is 0. The fraction of sp³-hybridized carbons (Fsp3) is 0.474. The predicted octanol–water partition coefficient (Wildman–Crippen LogP) is 14.8. The molecule has 4 aliphatic carbocycles. The third kappa shape index (κ3) is 32.9. The molecule has 672 valence electrons. The van der Waals surface area contributed by atoms with Crippen LogP contribution in [0.5, 0.6) is 0 Å². The molecule has 2 aromatic carbocycles. The molecule has 126 heavy (non-hydrogen) atoms. The van der Waals surface area contributed by atoms with Gasteiger partial charge in [-0.1, -0.05) is 159 Å². The first-order valence-electron chi connectivity index (χ1n) is 36.7. The maximum absolute atomic E-state index is 8.25. The molecule has 0 atom stereocenters. The van der Waals surface area contributed by atoms with Crippen molar-refractivity contribution in [2.24, 2.45) is 0 Å². The Morgan fingerprint density at radius 3 is 0.468 bits per heavy atom. The molecule has 0 saturated heterocycles. The average molecular weight is 2200 g/mol. The van der Waals surface area contributed by atoms with Gasteiger partial charge in [-0.05, 0) is 75.6 Å². The van der Waals surface area contributed by atoms with Crippen LogP contribution in [0.3, 0.4) is 0 Å². The number of nitriles is 4. The summed E-state index contributed by atoms with van der Waals surface area (Å²) < 4.78 is 0. The molecule has 0 amide bonds. The Morgan fingerprint density at radius 1 is 0.230 bits per heavy atom. The summed E-state index contributed by atoms with van der Waals surface area (Å²) in [5, 5.41) is 174. The fourth-order valence-electron chi connectivity index (χ4n) is 12.9. The number of hydrogen-bond donors (Lipinski definition) is 0. The van der Waals surface area contributed by atoms with Gasteiger partial charge in [0.25, 0.3) is 0 Å². The molecule has 14 rings (SSSR count). The number of nitrogens with zero attached hydrogens (tertiary/aromatic N) is 27. The van der Waals surface area contributed by atoms with Crippen LogP contribution in [-0.2, 0) is 43.3 Å². The molecule has 0 unspecified atom stereocenters. The second-order valence-electron chi connectivity index (χ2n) is 32.1.